The first-order valence-electron chi connectivity index (χ1n) is 8.54. The van der Waals surface area contributed by atoms with Gasteiger partial charge < -0.3 is 5.11 Å². The van der Waals surface area contributed by atoms with Gasteiger partial charge in [-0.05, 0) is 25.0 Å². The molecule has 1 aromatic carbocycles. The van der Waals surface area contributed by atoms with Crippen LogP contribution in [-0.2, 0) is 0 Å². The van der Waals surface area contributed by atoms with E-state index in [9.17, 15) is 19.5 Å². The monoisotopic (exact) mass is 356 g/mol. The number of amides is 1. The third-order valence-electron chi connectivity index (χ3n) is 4.49. The summed E-state index contributed by atoms with van der Waals surface area (Å²) < 4.78 is 1.21. The minimum Gasteiger partial charge on any atom is -0.494 e. The highest BCUT2D eigenvalue weighted by Crippen LogP contribution is 2.29. The van der Waals surface area contributed by atoms with Crippen molar-refractivity contribution in [3.63, 3.8) is 0 Å². The molecule has 1 amide bonds. The average molecular weight is 356 g/mol. The first kappa shape index (κ1) is 17.7. The smallest absolute Gasteiger partial charge is 0.331 e. The molecule has 0 aliphatic heterocycles. The SMILES string of the molecule is O=C(N/N=C/c1c(O)n(C2CCCCC2)c(=O)[nH]c1=O)c1ccccc1. The maximum atomic E-state index is 12.1. The van der Waals surface area contributed by atoms with Gasteiger partial charge in [-0.15, -0.1) is 0 Å². The van der Waals surface area contributed by atoms with Crippen molar-refractivity contribution in [1.29, 1.82) is 0 Å². The van der Waals surface area contributed by atoms with Gasteiger partial charge >= 0.3 is 5.69 Å². The van der Waals surface area contributed by atoms with Crippen molar-refractivity contribution < 1.29 is 9.90 Å². The largest absolute Gasteiger partial charge is 0.494 e. The van der Waals surface area contributed by atoms with Crippen LogP contribution in [0.1, 0.15) is 54.1 Å². The molecular formula is C18H20N4O4. The predicted molar refractivity (Wildman–Crippen MR) is 96.6 cm³/mol. The lowest BCUT2D eigenvalue weighted by Gasteiger charge is -2.24. The standard InChI is InChI=1S/C18H20N4O4/c23-15(12-7-3-1-4-8-12)21-19-11-14-16(24)20-18(26)22(17(14)25)13-9-5-2-6-10-13/h1,3-4,7-8,11,13,25H,2,5-6,9-10H2,(H,21,23)(H,20,24,26)/b19-11+. The van der Waals surface area contributed by atoms with Gasteiger partial charge in [-0.2, -0.15) is 5.10 Å². The summed E-state index contributed by atoms with van der Waals surface area (Å²) in [6, 6.07) is 8.31. The van der Waals surface area contributed by atoms with Crippen molar-refractivity contribution in [2.45, 2.75) is 38.1 Å². The minimum absolute atomic E-state index is 0.154. The maximum Gasteiger partial charge on any atom is 0.331 e. The Bertz CT molecular complexity index is 924. The van der Waals surface area contributed by atoms with E-state index >= 15 is 0 Å². The zero-order chi connectivity index (χ0) is 18.5. The van der Waals surface area contributed by atoms with E-state index in [1.807, 2.05) is 0 Å². The molecule has 3 rings (SSSR count). The molecule has 8 nitrogen and oxygen atoms in total. The van der Waals surface area contributed by atoms with Crippen molar-refractivity contribution >= 4 is 12.1 Å². The van der Waals surface area contributed by atoms with Gasteiger partial charge in [0, 0.05) is 11.6 Å². The third-order valence-corrected chi connectivity index (χ3v) is 4.49. The van der Waals surface area contributed by atoms with Crippen LogP contribution >= 0.6 is 0 Å². The summed E-state index contributed by atoms with van der Waals surface area (Å²) in [5.41, 5.74) is 1.16. The highest BCUT2D eigenvalue weighted by Gasteiger charge is 2.22. The topological polar surface area (TPSA) is 117 Å². The molecular weight excluding hydrogens is 336 g/mol. The van der Waals surface area contributed by atoms with Crippen LogP contribution in [0.4, 0.5) is 0 Å². The number of hydrazone groups is 1. The molecule has 1 fully saturated rings. The van der Waals surface area contributed by atoms with Gasteiger partial charge in [0.25, 0.3) is 11.5 Å². The number of carbonyl (C=O) groups is 1. The highest BCUT2D eigenvalue weighted by atomic mass is 16.3. The number of nitrogens with one attached hydrogen (secondary N) is 2. The quantitative estimate of drug-likeness (QED) is 0.569. The zero-order valence-corrected chi connectivity index (χ0v) is 14.1. The van der Waals surface area contributed by atoms with Gasteiger partial charge in [-0.25, -0.2) is 10.2 Å². The number of rotatable bonds is 4. The number of aromatic hydroxyl groups is 1. The van der Waals surface area contributed by atoms with Gasteiger partial charge in [0.05, 0.1) is 6.21 Å². The number of benzene rings is 1. The van der Waals surface area contributed by atoms with E-state index in [0.29, 0.717) is 5.56 Å². The fraction of sp³-hybridized carbons (Fsp3) is 0.333. The molecule has 136 valence electrons. The molecule has 1 aliphatic carbocycles. The Kier molecular flexibility index (Phi) is 5.31. The molecule has 2 aromatic rings. The molecule has 8 heteroatoms. The summed E-state index contributed by atoms with van der Waals surface area (Å²) in [4.78, 5) is 38.3. The Balaban J connectivity index is 1.84. The van der Waals surface area contributed by atoms with E-state index in [1.54, 1.807) is 30.3 Å². The van der Waals surface area contributed by atoms with E-state index in [1.165, 1.54) is 4.57 Å². The predicted octanol–water partition coefficient (Wildman–Crippen LogP) is 1.51. The lowest BCUT2D eigenvalue weighted by atomic mass is 9.95. The summed E-state index contributed by atoms with van der Waals surface area (Å²) in [6.45, 7) is 0. The summed E-state index contributed by atoms with van der Waals surface area (Å²) >= 11 is 0. The highest BCUT2D eigenvalue weighted by molar-refractivity contribution is 5.94. The molecule has 0 bridgehead atoms. The lowest BCUT2D eigenvalue weighted by Crippen LogP contribution is -2.35. The van der Waals surface area contributed by atoms with E-state index in [2.05, 4.69) is 15.5 Å². The van der Waals surface area contributed by atoms with Crippen LogP contribution in [0, 0.1) is 0 Å². The van der Waals surface area contributed by atoms with Gasteiger partial charge in [-0.1, -0.05) is 37.5 Å². The molecule has 3 N–H and O–H groups in total. The molecule has 1 aliphatic rings. The molecule has 1 aromatic heterocycles. The van der Waals surface area contributed by atoms with E-state index in [4.69, 9.17) is 0 Å². The molecule has 0 radical (unpaired) electrons. The number of carbonyl (C=O) groups excluding carboxylic acids is 1. The second-order valence-corrected chi connectivity index (χ2v) is 6.22. The first-order valence-corrected chi connectivity index (χ1v) is 8.54. The number of hydrogen-bond acceptors (Lipinski definition) is 5. The van der Waals surface area contributed by atoms with Gasteiger partial charge in [0.2, 0.25) is 5.88 Å². The Morgan fingerprint density at radius 1 is 1.19 bits per heavy atom. The number of hydrogen-bond donors (Lipinski definition) is 3. The molecule has 1 saturated carbocycles. The van der Waals surface area contributed by atoms with Crippen LogP contribution in [0.3, 0.4) is 0 Å². The normalized spacial score (nSPS) is 15.2. The van der Waals surface area contributed by atoms with Gasteiger partial charge in [0.15, 0.2) is 0 Å². The molecule has 0 unspecified atom stereocenters. The number of aromatic amines is 1. The summed E-state index contributed by atoms with van der Waals surface area (Å²) in [5.74, 6) is -0.873. The van der Waals surface area contributed by atoms with Crippen LogP contribution in [0.25, 0.3) is 0 Å². The molecule has 26 heavy (non-hydrogen) atoms. The minimum atomic E-state index is -0.753. The molecule has 0 spiro atoms. The number of aromatic nitrogens is 2. The van der Waals surface area contributed by atoms with Crippen molar-refractivity contribution in [3.8, 4) is 5.88 Å². The third kappa shape index (κ3) is 3.74. The maximum absolute atomic E-state index is 12.1. The van der Waals surface area contributed by atoms with Crippen molar-refractivity contribution in [2.24, 2.45) is 5.10 Å². The zero-order valence-electron chi connectivity index (χ0n) is 14.1. The number of nitrogens with zero attached hydrogens (tertiary/aromatic N) is 2. The van der Waals surface area contributed by atoms with Crippen LogP contribution < -0.4 is 16.7 Å². The summed E-state index contributed by atoms with van der Waals surface area (Å²) in [5, 5.41) is 14.2. The Morgan fingerprint density at radius 2 is 1.88 bits per heavy atom. The molecule has 0 atom stereocenters. The average Bonchev–Trinajstić information content (AvgIpc) is 2.65. The Hall–Kier alpha value is -3.16. The van der Waals surface area contributed by atoms with Gasteiger partial charge in [0.1, 0.15) is 5.56 Å². The van der Waals surface area contributed by atoms with Crippen LogP contribution in [0.15, 0.2) is 45.0 Å². The van der Waals surface area contributed by atoms with E-state index < -0.39 is 23.0 Å². The van der Waals surface area contributed by atoms with Crippen molar-refractivity contribution in [3.05, 3.63) is 62.3 Å². The van der Waals surface area contributed by atoms with Crippen LogP contribution in [0.5, 0.6) is 5.88 Å². The molecule has 0 saturated heterocycles. The van der Waals surface area contributed by atoms with Crippen LogP contribution in [-0.4, -0.2) is 26.8 Å². The second-order valence-electron chi connectivity index (χ2n) is 6.22. The Labute approximate surface area is 149 Å². The van der Waals surface area contributed by atoms with Crippen LogP contribution in [0.2, 0.25) is 0 Å². The lowest BCUT2D eigenvalue weighted by molar-refractivity contribution is 0.0955. The summed E-state index contributed by atoms with van der Waals surface area (Å²) in [7, 11) is 0. The van der Waals surface area contributed by atoms with Crippen molar-refractivity contribution in [1.82, 2.24) is 15.0 Å². The van der Waals surface area contributed by atoms with Gasteiger partial charge in [-0.3, -0.25) is 19.1 Å². The van der Waals surface area contributed by atoms with E-state index in [0.717, 1.165) is 38.3 Å². The first-order chi connectivity index (χ1) is 12.6. The molecule has 1 heterocycles. The summed E-state index contributed by atoms with van der Waals surface area (Å²) in [6.07, 6.45) is 5.60. The second kappa shape index (κ2) is 7.81. The fourth-order valence-electron chi connectivity index (χ4n) is 3.16. The van der Waals surface area contributed by atoms with Crippen molar-refractivity contribution in [2.75, 3.05) is 0 Å². The fourth-order valence-corrected chi connectivity index (χ4v) is 3.16. The van der Waals surface area contributed by atoms with E-state index in [-0.39, 0.29) is 11.6 Å². The Morgan fingerprint density at radius 3 is 2.58 bits per heavy atom. The number of H-pyrrole nitrogens is 1.